The van der Waals surface area contributed by atoms with Crippen molar-refractivity contribution in [1.82, 2.24) is 5.32 Å². The fraction of sp³-hybridized carbons (Fsp3) is 1.00. The Kier molecular flexibility index (Phi) is 1.87. The molecule has 0 radical (unpaired) electrons. The van der Waals surface area contributed by atoms with E-state index in [2.05, 4.69) is 5.32 Å². The Morgan fingerprint density at radius 1 is 1.00 bits per heavy atom. The van der Waals surface area contributed by atoms with Crippen LogP contribution in [0.25, 0.3) is 0 Å². The molecule has 0 amide bonds. The van der Waals surface area contributed by atoms with Gasteiger partial charge in [0.1, 0.15) is 0 Å². The summed E-state index contributed by atoms with van der Waals surface area (Å²) in [5, 5.41) is 22.3. The third kappa shape index (κ3) is 1.28. The molecule has 3 heteroatoms. The fourth-order valence-electron chi connectivity index (χ4n) is 2.32. The number of aliphatic hydroxyl groups excluding tert-OH is 2. The molecule has 2 rings (SSSR count). The molecule has 0 aromatic heterocycles. The lowest BCUT2D eigenvalue weighted by molar-refractivity contribution is -0.0524. The first-order chi connectivity index (χ1) is 5.27. The summed E-state index contributed by atoms with van der Waals surface area (Å²) in [5.41, 5.74) is 0. The van der Waals surface area contributed by atoms with Gasteiger partial charge in [-0.2, -0.15) is 0 Å². The number of fused-ring (bicyclic) bond motifs is 2. The Bertz CT molecular complexity index is 137. The number of rotatable bonds is 0. The third-order valence-corrected chi connectivity index (χ3v) is 2.93. The molecular formula is C8H15NO2. The molecule has 11 heavy (non-hydrogen) atoms. The average Bonchev–Trinajstić information content (AvgIpc) is 1.92. The second-order valence-corrected chi connectivity index (χ2v) is 3.79. The minimum Gasteiger partial charge on any atom is -0.393 e. The van der Waals surface area contributed by atoms with Crippen molar-refractivity contribution >= 4 is 0 Å². The molecule has 1 aliphatic carbocycles. The quantitative estimate of drug-likeness (QED) is 0.437. The summed E-state index contributed by atoms with van der Waals surface area (Å²) < 4.78 is 0. The Labute approximate surface area is 66.4 Å². The zero-order chi connectivity index (χ0) is 7.84. The van der Waals surface area contributed by atoms with E-state index in [0.29, 0.717) is 0 Å². The van der Waals surface area contributed by atoms with Crippen LogP contribution in [-0.4, -0.2) is 35.5 Å². The number of nitrogens with one attached hydrogen (secondary N) is 1. The molecule has 3 N–H and O–H groups in total. The standard InChI is InChI=1S/C8H15NO2/c10-7-1-5-3-9-4-6(2-7)8(5)11/h5-11H,1-4H2. The Morgan fingerprint density at radius 2 is 1.55 bits per heavy atom. The zero-order valence-corrected chi connectivity index (χ0v) is 6.53. The van der Waals surface area contributed by atoms with Gasteiger partial charge < -0.3 is 15.5 Å². The van der Waals surface area contributed by atoms with Crippen LogP contribution in [0.15, 0.2) is 0 Å². The van der Waals surface area contributed by atoms with Crippen molar-refractivity contribution in [2.45, 2.75) is 25.0 Å². The van der Waals surface area contributed by atoms with Crippen LogP contribution in [0.2, 0.25) is 0 Å². The predicted molar refractivity (Wildman–Crippen MR) is 41.1 cm³/mol. The minimum atomic E-state index is -0.171. The molecule has 2 aliphatic rings. The maximum Gasteiger partial charge on any atom is 0.0622 e. The number of piperidine rings is 1. The lowest BCUT2D eigenvalue weighted by Gasteiger charge is -2.41. The average molecular weight is 157 g/mol. The van der Waals surface area contributed by atoms with E-state index in [4.69, 9.17) is 0 Å². The van der Waals surface area contributed by atoms with Crippen LogP contribution in [0.3, 0.4) is 0 Å². The van der Waals surface area contributed by atoms with Crippen LogP contribution in [-0.2, 0) is 0 Å². The van der Waals surface area contributed by atoms with Crippen LogP contribution >= 0.6 is 0 Å². The van der Waals surface area contributed by atoms with Gasteiger partial charge in [0.25, 0.3) is 0 Å². The van der Waals surface area contributed by atoms with E-state index >= 15 is 0 Å². The van der Waals surface area contributed by atoms with Gasteiger partial charge in [0.05, 0.1) is 12.2 Å². The Morgan fingerprint density at radius 3 is 2.09 bits per heavy atom. The number of hydrogen-bond donors (Lipinski definition) is 3. The SMILES string of the molecule is OC1CC2CNCC(C1)C2O. The second-order valence-electron chi connectivity index (χ2n) is 3.79. The molecular weight excluding hydrogens is 142 g/mol. The highest BCUT2D eigenvalue weighted by molar-refractivity contribution is 4.91. The van der Waals surface area contributed by atoms with Crippen LogP contribution in [0.5, 0.6) is 0 Å². The van der Waals surface area contributed by atoms with Crippen LogP contribution < -0.4 is 5.32 Å². The van der Waals surface area contributed by atoms with E-state index in [1.165, 1.54) is 0 Å². The Hall–Kier alpha value is -0.120. The largest absolute Gasteiger partial charge is 0.393 e. The van der Waals surface area contributed by atoms with Crippen LogP contribution in [0, 0.1) is 11.8 Å². The summed E-state index contributed by atoms with van der Waals surface area (Å²) in [6, 6.07) is 0. The normalized spacial score (nSPS) is 50.7. The van der Waals surface area contributed by atoms with Gasteiger partial charge in [-0.25, -0.2) is 0 Å². The second kappa shape index (κ2) is 2.73. The van der Waals surface area contributed by atoms with Gasteiger partial charge in [-0.15, -0.1) is 0 Å². The summed E-state index contributed by atoms with van der Waals surface area (Å²) >= 11 is 0. The Balaban J connectivity index is 2.07. The van der Waals surface area contributed by atoms with E-state index < -0.39 is 0 Å². The summed E-state index contributed by atoms with van der Waals surface area (Å²) in [7, 11) is 0. The first kappa shape index (κ1) is 7.53. The van der Waals surface area contributed by atoms with Gasteiger partial charge in [-0.05, 0) is 12.8 Å². The highest BCUT2D eigenvalue weighted by Gasteiger charge is 2.38. The molecule has 2 fully saturated rings. The van der Waals surface area contributed by atoms with Crippen molar-refractivity contribution in [2.75, 3.05) is 13.1 Å². The third-order valence-electron chi connectivity index (χ3n) is 2.93. The number of hydrogen-bond acceptors (Lipinski definition) is 3. The molecule has 1 saturated heterocycles. The fourth-order valence-corrected chi connectivity index (χ4v) is 2.32. The summed E-state index contributed by atoms with van der Waals surface area (Å²) in [6.07, 6.45) is 1.20. The van der Waals surface area contributed by atoms with Crippen molar-refractivity contribution in [2.24, 2.45) is 11.8 Å². The van der Waals surface area contributed by atoms with Crippen LogP contribution in [0.1, 0.15) is 12.8 Å². The topological polar surface area (TPSA) is 52.5 Å². The predicted octanol–water partition coefficient (Wildman–Crippen LogP) is -0.662. The summed E-state index contributed by atoms with van der Waals surface area (Å²) in [6.45, 7) is 1.74. The van der Waals surface area contributed by atoms with Gasteiger partial charge in [-0.3, -0.25) is 0 Å². The number of aliphatic hydroxyl groups is 2. The van der Waals surface area contributed by atoms with Gasteiger partial charge >= 0.3 is 0 Å². The van der Waals surface area contributed by atoms with E-state index in [9.17, 15) is 10.2 Å². The lowest BCUT2D eigenvalue weighted by atomic mass is 9.75. The van der Waals surface area contributed by atoms with Gasteiger partial charge in [-0.1, -0.05) is 0 Å². The maximum atomic E-state index is 9.66. The van der Waals surface area contributed by atoms with Crippen molar-refractivity contribution in [3.05, 3.63) is 0 Å². The molecule has 0 aromatic carbocycles. The van der Waals surface area contributed by atoms with Crippen molar-refractivity contribution in [3.63, 3.8) is 0 Å². The van der Waals surface area contributed by atoms with Gasteiger partial charge in [0.2, 0.25) is 0 Å². The van der Waals surface area contributed by atoms with Gasteiger partial charge in [0, 0.05) is 24.9 Å². The molecule has 3 nitrogen and oxygen atoms in total. The van der Waals surface area contributed by atoms with Crippen molar-refractivity contribution in [3.8, 4) is 0 Å². The van der Waals surface area contributed by atoms with E-state index in [-0.39, 0.29) is 24.0 Å². The lowest BCUT2D eigenvalue weighted by Crippen LogP contribution is -2.52. The molecule has 1 aliphatic heterocycles. The highest BCUT2D eigenvalue weighted by Crippen LogP contribution is 2.31. The van der Waals surface area contributed by atoms with E-state index in [0.717, 1.165) is 25.9 Å². The molecule has 1 saturated carbocycles. The van der Waals surface area contributed by atoms with Gasteiger partial charge in [0.15, 0.2) is 0 Å². The molecule has 2 unspecified atom stereocenters. The van der Waals surface area contributed by atoms with E-state index in [1.807, 2.05) is 0 Å². The first-order valence-corrected chi connectivity index (χ1v) is 4.34. The monoisotopic (exact) mass is 157 g/mol. The maximum absolute atomic E-state index is 9.66. The molecule has 1 heterocycles. The van der Waals surface area contributed by atoms with Crippen molar-refractivity contribution in [1.29, 1.82) is 0 Å². The minimum absolute atomic E-state index is 0.167. The molecule has 0 aromatic rings. The summed E-state index contributed by atoms with van der Waals surface area (Å²) in [5.74, 6) is 0.579. The smallest absolute Gasteiger partial charge is 0.0622 e. The van der Waals surface area contributed by atoms with E-state index in [1.54, 1.807) is 0 Å². The molecule has 0 spiro atoms. The summed E-state index contributed by atoms with van der Waals surface area (Å²) in [4.78, 5) is 0. The zero-order valence-electron chi connectivity index (χ0n) is 6.53. The van der Waals surface area contributed by atoms with Crippen LogP contribution in [0.4, 0.5) is 0 Å². The first-order valence-electron chi connectivity index (χ1n) is 4.34. The van der Waals surface area contributed by atoms with Crippen molar-refractivity contribution < 1.29 is 10.2 Å². The molecule has 2 bridgehead atoms. The molecule has 64 valence electrons. The molecule has 2 atom stereocenters. The highest BCUT2D eigenvalue weighted by atomic mass is 16.3.